The standard InChI is InChI=1S/C12H8Cl2N4O4/c1-22-6-2-3-8(9(4-6)18(20)21)15-12(19)7-5-10(13)16-17-11(7)14/h2-5H,1H3,(H,15,19). The minimum atomic E-state index is -0.699. The summed E-state index contributed by atoms with van der Waals surface area (Å²) >= 11 is 11.4. The number of hydrogen-bond donors (Lipinski definition) is 1. The summed E-state index contributed by atoms with van der Waals surface area (Å²) in [5.74, 6) is -0.411. The third kappa shape index (κ3) is 3.41. The Bertz CT molecular complexity index is 754. The first-order valence-electron chi connectivity index (χ1n) is 5.75. The maximum absolute atomic E-state index is 12.1. The predicted octanol–water partition coefficient (Wildman–Crippen LogP) is 2.95. The summed E-state index contributed by atoms with van der Waals surface area (Å²) in [6, 6.07) is 5.22. The quantitative estimate of drug-likeness (QED) is 0.675. The van der Waals surface area contributed by atoms with E-state index in [1.807, 2.05) is 0 Å². The molecule has 22 heavy (non-hydrogen) atoms. The largest absolute Gasteiger partial charge is 0.496 e. The second-order valence-electron chi connectivity index (χ2n) is 3.97. The first kappa shape index (κ1) is 15.9. The number of aromatic nitrogens is 2. The summed E-state index contributed by atoms with van der Waals surface area (Å²) in [5.41, 5.74) is -0.386. The molecule has 8 nitrogen and oxygen atoms in total. The van der Waals surface area contributed by atoms with E-state index in [1.54, 1.807) is 0 Å². The second kappa shape index (κ2) is 6.54. The highest BCUT2D eigenvalue weighted by molar-refractivity contribution is 6.34. The number of ether oxygens (including phenoxy) is 1. The summed E-state index contributed by atoms with van der Waals surface area (Å²) in [6.45, 7) is 0. The Morgan fingerprint density at radius 2 is 2.05 bits per heavy atom. The van der Waals surface area contributed by atoms with Crippen LogP contribution in [0, 0.1) is 10.1 Å². The number of carbonyl (C=O) groups is 1. The van der Waals surface area contributed by atoms with Gasteiger partial charge in [-0.15, -0.1) is 10.2 Å². The van der Waals surface area contributed by atoms with Gasteiger partial charge in [0.15, 0.2) is 10.3 Å². The summed E-state index contributed by atoms with van der Waals surface area (Å²) in [7, 11) is 1.38. The normalized spacial score (nSPS) is 10.1. The van der Waals surface area contributed by atoms with E-state index < -0.39 is 10.8 Å². The van der Waals surface area contributed by atoms with Gasteiger partial charge in [-0.1, -0.05) is 23.2 Å². The van der Waals surface area contributed by atoms with Crippen LogP contribution in [0.3, 0.4) is 0 Å². The van der Waals surface area contributed by atoms with Crippen molar-refractivity contribution < 1.29 is 14.5 Å². The average molecular weight is 343 g/mol. The summed E-state index contributed by atoms with van der Waals surface area (Å²) in [6.07, 6.45) is 0. The van der Waals surface area contributed by atoms with Crippen LogP contribution in [-0.2, 0) is 0 Å². The van der Waals surface area contributed by atoms with E-state index in [1.165, 1.54) is 31.4 Å². The lowest BCUT2D eigenvalue weighted by molar-refractivity contribution is -0.384. The van der Waals surface area contributed by atoms with Crippen LogP contribution >= 0.6 is 23.2 Å². The van der Waals surface area contributed by atoms with Gasteiger partial charge in [-0.3, -0.25) is 14.9 Å². The Labute approximate surface area is 134 Å². The average Bonchev–Trinajstić information content (AvgIpc) is 2.49. The molecule has 1 aromatic carbocycles. The molecule has 0 aliphatic carbocycles. The van der Waals surface area contributed by atoms with Gasteiger partial charge in [-0.25, -0.2) is 0 Å². The van der Waals surface area contributed by atoms with Gasteiger partial charge in [-0.2, -0.15) is 0 Å². The molecule has 0 spiro atoms. The minimum absolute atomic E-state index is 0.0141. The fourth-order valence-electron chi connectivity index (χ4n) is 1.60. The number of nitro groups is 1. The zero-order valence-corrected chi connectivity index (χ0v) is 12.6. The van der Waals surface area contributed by atoms with E-state index >= 15 is 0 Å². The molecule has 0 aliphatic heterocycles. The Balaban J connectivity index is 2.36. The van der Waals surface area contributed by atoms with Crippen molar-refractivity contribution in [2.24, 2.45) is 0 Å². The van der Waals surface area contributed by atoms with Crippen molar-refractivity contribution in [1.29, 1.82) is 0 Å². The SMILES string of the molecule is COc1ccc(NC(=O)c2cc(Cl)nnc2Cl)c([N+](=O)[O-])c1. The third-order valence-electron chi connectivity index (χ3n) is 2.61. The van der Waals surface area contributed by atoms with Gasteiger partial charge >= 0.3 is 0 Å². The molecule has 10 heteroatoms. The van der Waals surface area contributed by atoms with Crippen LogP contribution in [0.5, 0.6) is 5.75 Å². The molecule has 1 amide bonds. The summed E-state index contributed by atoms with van der Waals surface area (Å²) in [4.78, 5) is 22.6. The van der Waals surface area contributed by atoms with E-state index in [-0.39, 0.29) is 33.0 Å². The number of methoxy groups -OCH3 is 1. The smallest absolute Gasteiger partial charge is 0.296 e. The molecule has 0 saturated carbocycles. The summed E-state index contributed by atoms with van der Waals surface area (Å²) in [5, 5.41) is 20.2. The van der Waals surface area contributed by atoms with Crippen molar-refractivity contribution in [1.82, 2.24) is 10.2 Å². The molecule has 2 aromatic rings. The van der Waals surface area contributed by atoms with Crippen molar-refractivity contribution in [2.75, 3.05) is 12.4 Å². The van der Waals surface area contributed by atoms with Crippen LogP contribution in [0.4, 0.5) is 11.4 Å². The molecular weight excluding hydrogens is 335 g/mol. The maximum atomic E-state index is 12.1. The molecule has 1 heterocycles. The molecule has 2 rings (SSSR count). The lowest BCUT2D eigenvalue weighted by atomic mass is 10.2. The Morgan fingerprint density at radius 1 is 1.32 bits per heavy atom. The zero-order chi connectivity index (χ0) is 16.3. The third-order valence-corrected chi connectivity index (χ3v) is 3.08. The van der Waals surface area contributed by atoms with E-state index in [0.29, 0.717) is 0 Å². The Morgan fingerprint density at radius 3 is 2.68 bits per heavy atom. The van der Waals surface area contributed by atoms with E-state index in [2.05, 4.69) is 15.5 Å². The van der Waals surface area contributed by atoms with Crippen LogP contribution in [-0.4, -0.2) is 28.1 Å². The van der Waals surface area contributed by atoms with Gasteiger partial charge in [-0.05, 0) is 18.2 Å². The van der Waals surface area contributed by atoms with Gasteiger partial charge in [0, 0.05) is 0 Å². The van der Waals surface area contributed by atoms with Crippen molar-refractivity contribution in [3.63, 3.8) is 0 Å². The van der Waals surface area contributed by atoms with Gasteiger partial charge in [0.05, 0.1) is 23.7 Å². The van der Waals surface area contributed by atoms with Crippen molar-refractivity contribution in [2.45, 2.75) is 0 Å². The second-order valence-corrected chi connectivity index (χ2v) is 4.71. The summed E-state index contributed by atoms with van der Waals surface area (Å²) < 4.78 is 4.91. The van der Waals surface area contributed by atoms with Crippen LogP contribution < -0.4 is 10.1 Å². The minimum Gasteiger partial charge on any atom is -0.496 e. The Hall–Kier alpha value is -2.45. The maximum Gasteiger partial charge on any atom is 0.296 e. The fraction of sp³-hybridized carbons (Fsp3) is 0.0833. The number of anilines is 1. The molecule has 0 unspecified atom stereocenters. The first-order valence-corrected chi connectivity index (χ1v) is 6.50. The highest BCUT2D eigenvalue weighted by atomic mass is 35.5. The number of nitrogens with one attached hydrogen (secondary N) is 1. The fourth-order valence-corrected chi connectivity index (χ4v) is 1.92. The van der Waals surface area contributed by atoms with E-state index in [0.717, 1.165) is 0 Å². The van der Waals surface area contributed by atoms with Gasteiger partial charge in [0.2, 0.25) is 0 Å². The highest BCUT2D eigenvalue weighted by Crippen LogP contribution is 2.29. The highest BCUT2D eigenvalue weighted by Gasteiger charge is 2.20. The predicted molar refractivity (Wildman–Crippen MR) is 79.7 cm³/mol. The van der Waals surface area contributed by atoms with Crippen LogP contribution in [0.1, 0.15) is 10.4 Å². The number of halogens is 2. The first-order chi connectivity index (χ1) is 10.4. The molecule has 0 aliphatic rings. The monoisotopic (exact) mass is 342 g/mol. The van der Waals surface area contributed by atoms with E-state index in [4.69, 9.17) is 27.9 Å². The van der Waals surface area contributed by atoms with Crippen LogP contribution in [0.25, 0.3) is 0 Å². The Kier molecular flexibility index (Phi) is 4.74. The molecule has 114 valence electrons. The molecule has 1 N–H and O–H groups in total. The number of hydrogen-bond acceptors (Lipinski definition) is 6. The van der Waals surface area contributed by atoms with Crippen LogP contribution in [0.15, 0.2) is 24.3 Å². The molecule has 0 bridgehead atoms. The van der Waals surface area contributed by atoms with Crippen molar-refractivity contribution in [3.8, 4) is 5.75 Å². The molecule has 1 aromatic heterocycles. The number of nitro benzene ring substituents is 1. The lowest BCUT2D eigenvalue weighted by Crippen LogP contribution is -2.14. The lowest BCUT2D eigenvalue weighted by Gasteiger charge is -2.08. The molecule has 0 atom stereocenters. The molecule has 0 saturated heterocycles. The topological polar surface area (TPSA) is 107 Å². The van der Waals surface area contributed by atoms with Gasteiger partial charge in [0.1, 0.15) is 11.4 Å². The zero-order valence-electron chi connectivity index (χ0n) is 11.0. The number of carbonyl (C=O) groups excluding carboxylic acids is 1. The van der Waals surface area contributed by atoms with Crippen LogP contribution in [0.2, 0.25) is 10.3 Å². The molecule has 0 fully saturated rings. The number of nitrogens with zero attached hydrogens (tertiary/aromatic N) is 3. The van der Waals surface area contributed by atoms with Crippen molar-refractivity contribution in [3.05, 3.63) is 50.2 Å². The molecular formula is C12H8Cl2N4O4. The number of amides is 1. The number of benzene rings is 1. The van der Waals surface area contributed by atoms with Gasteiger partial charge < -0.3 is 10.1 Å². The van der Waals surface area contributed by atoms with Crippen molar-refractivity contribution >= 4 is 40.5 Å². The molecule has 0 radical (unpaired) electrons. The van der Waals surface area contributed by atoms with E-state index in [9.17, 15) is 14.9 Å². The number of rotatable bonds is 4. The van der Waals surface area contributed by atoms with Gasteiger partial charge in [0.25, 0.3) is 11.6 Å².